The number of carbonyl (C=O) groups is 2. The molecule has 0 aliphatic heterocycles. The molecule has 2 amide bonds. The maximum absolute atomic E-state index is 14.3. The van der Waals surface area contributed by atoms with E-state index in [-0.39, 0.29) is 23.4 Å². The lowest BCUT2D eigenvalue weighted by atomic mass is 10.1. The van der Waals surface area contributed by atoms with Crippen molar-refractivity contribution in [3.63, 3.8) is 0 Å². The summed E-state index contributed by atoms with van der Waals surface area (Å²) in [5.74, 6) is -0.625. The Hall–Kier alpha value is -3.30. The molecule has 4 rings (SSSR count). The molecule has 0 spiro atoms. The van der Waals surface area contributed by atoms with Gasteiger partial charge in [0.05, 0.1) is 10.6 Å². The van der Waals surface area contributed by atoms with Crippen LogP contribution in [0.1, 0.15) is 55.7 Å². The number of anilines is 1. The molecule has 42 heavy (non-hydrogen) atoms. The van der Waals surface area contributed by atoms with Crippen molar-refractivity contribution >= 4 is 39.3 Å². The summed E-state index contributed by atoms with van der Waals surface area (Å²) in [5.41, 5.74) is 3.28. The molecule has 224 valence electrons. The zero-order valence-electron chi connectivity index (χ0n) is 24.9. The van der Waals surface area contributed by atoms with E-state index in [0.29, 0.717) is 12.1 Å². The second kappa shape index (κ2) is 14.2. The van der Waals surface area contributed by atoms with E-state index in [9.17, 15) is 18.0 Å². The number of benzene rings is 3. The maximum atomic E-state index is 14.3. The monoisotopic (exact) mass is 607 g/mol. The van der Waals surface area contributed by atoms with E-state index in [0.717, 1.165) is 51.6 Å². The van der Waals surface area contributed by atoms with Gasteiger partial charge in [0.15, 0.2) is 0 Å². The van der Waals surface area contributed by atoms with Gasteiger partial charge in [0, 0.05) is 17.5 Å². The van der Waals surface area contributed by atoms with Gasteiger partial charge in [-0.2, -0.15) is 0 Å². The van der Waals surface area contributed by atoms with Crippen LogP contribution in [0, 0.1) is 13.8 Å². The van der Waals surface area contributed by atoms with Crippen molar-refractivity contribution in [3.05, 3.63) is 89.5 Å². The smallest absolute Gasteiger partial charge is 0.264 e. The van der Waals surface area contributed by atoms with Crippen LogP contribution in [-0.2, 0) is 26.2 Å². The fraction of sp³-hybridized carbons (Fsp3) is 0.394. The van der Waals surface area contributed by atoms with E-state index in [1.165, 1.54) is 11.8 Å². The number of carbonyl (C=O) groups excluding carboxylic acids is 2. The van der Waals surface area contributed by atoms with Crippen molar-refractivity contribution < 1.29 is 18.0 Å². The zero-order valence-corrected chi connectivity index (χ0v) is 26.5. The summed E-state index contributed by atoms with van der Waals surface area (Å²) in [7, 11) is -4.10. The molecule has 0 saturated heterocycles. The highest BCUT2D eigenvalue weighted by atomic mass is 32.2. The predicted octanol–water partition coefficient (Wildman–Crippen LogP) is 6.09. The first-order valence-corrected chi connectivity index (χ1v) is 17.2. The van der Waals surface area contributed by atoms with Gasteiger partial charge in [0.25, 0.3) is 10.0 Å². The average Bonchev–Trinajstić information content (AvgIpc) is 3.50. The minimum Gasteiger partial charge on any atom is -0.352 e. The van der Waals surface area contributed by atoms with E-state index in [1.54, 1.807) is 41.3 Å². The Kier molecular flexibility index (Phi) is 10.7. The largest absolute Gasteiger partial charge is 0.352 e. The molecular weight excluding hydrogens is 567 g/mol. The lowest BCUT2D eigenvalue weighted by Crippen LogP contribution is -2.53. The van der Waals surface area contributed by atoms with E-state index >= 15 is 0 Å². The van der Waals surface area contributed by atoms with Crippen molar-refractivity contribution in [2.24, 2.45) is 0 Å². The normalized spacial score (nSPS) is 14.4. The number of nitrogens with zero attached hydrogens (tertiary/aromatic N) is 2. The number of sulfonamides is 1. The molecule has 1 fully saturated rings. The lowest BCUT2D eigenvalue weighted by molar-refractivity contribution is -0.140. The Morgan fingerprint density at radius 3 is 2.19 bits per heavy atom. The van der Waals surface area contributed by atoms with E-state index in [1.807, 2.05) is 63.4 Å². The molecule has 7 nitrogen and oxygen atoms in total. The Morgan fingerprint density at radius 1 is 0.952 bits per heavy atom. The minimum atomic E-state index is -4.10. The molecular formula is C33H41N3O4S2. The van der Waals surface area contributed by atoms with Gasteiger partial charge in [-0.3, -0.25) is 13.9 Å². The van der Waals surface area contributed by atoms with Crippen molar-refractivity contribution in [3.8, 4) is 0 Å². The van der Waals surface area contributed by atoms with Gasteiger partial charge in [-0.05, 0) is 86.9 Å². The SMILES string of the molecule is CCC(C(=O)NC1CCCC1)N(Cc1ccccc1C)C(=O)CN(c1ccc(C)cc1)S(=O)(=O)c1ccc(SC)cc1. The second-order valence-corrected chi connectivity index (χ2v) is 13.6. The highest BCUT2D eigenvalue weighted by Crippen LogP contribution is 2.27. The van der Waals surface area contributed by atoms with Crippen molar-refractivity contribution in [2.45, 2.75) is 81.3 Å². The van der Waals surface area contributed by atoms with Crippen LogP contribution < -0.4 is 9.62 Å². The van der Waals surface area contributed by atoms with Crippen LogP contribution in [-0.4, -0.2) is 50.0 Å². The third kappa shape index (κ3) is 7.55. The number of aryl methyl sites for hydroxylation is 2. The molecule has 1 atom stereocenters. The van der Waals surface area contributed by atoms with Crippen LogP contribution in [0.5, 0.6) is 0 Å². The van der Waals surface area contributed by atoms with Crippen LogP contribution in [0.25, 0.3) is 0 Å². The van der Waals surface area contributed by atoms with Crippen LogP contribution in [0.3, 0.4) is 0 Å². The predicted molar refractivity (Wildman–Crippen MR) is 170 cm³/mol. The average molecular weight is 608 g/mol. The molecule has 0 bridgehead atoms. The summed E-state index contributed by atoms with van der Waals surface area (Å²) >= 11 is 1.52. The Bertz CT molecular complexity index is 1470. The first-order valence-electron chi connectivity index (χ1n) is 14.5. The summed E-state index contributed by atoms with van der Waals surface area (Å²) in [6.45, 7) is 5.55. The van der Waals surface area contributed by atoms with Crippen molar-refractivity contribution in [1.29, 1.82) is 0 Å². The van der Waals surface area contributed by atoms with Crippen molar-refractivity contribution in [1.82, 2.24) is 10.2 Å². The van der Waals surface area contributed by atoms with Gasteiger partial charge < -0.3 is 10.2 Å². The van der Waals surface area contributed by atoms with Crippen LogP contribution in [0.15, 0.2) is 82.6 Å². The summed E-state index contributed by atoms with van der Waals surface area (Å²) in [4.78, 5) is 30.4. The molecule has 3 aromatic rings. The number of rotatable bonds is 12. The fourth-order valence-corrected chi connectivity index (χ4v) is 7.20. The molecule has 0 radical (unpaired) electrons. The summed E-state index contributed by atoms with van der Waals surface area (Å²) in [5, 5.41) is 3.16. The standard InChI is InChI=1S/C33H41N3O4S2/c1-5-31(33(38)34-27-12-8-9-13-27)35(22-26-11-7-6-10-25(26)3)32(37)23-36(28-16-14-24(2)15-17-28)42(39,40)30-20-18-29(41-4)19-21-30/h6-7,10-11,14-21,27,31H,5,8-9,12-13,22-23H2,1-4H3,(H,34,38). The molecule has 1 aliphatic rings. The molecule has 1 saturated carbocycles. The fourth-order valence-electron chi connectivity index (χ4n) is 5.37. The number of hydrogen-bond donors (Lipinski definition) is 1. The molecule has 9 heteroatoms. The Balaban J connectivity index is 1.71. The molecule has 1 unspecified atom stereocenters. The first kappa shape index (κ1) is 31.6. The lowest BCUT2D eigenvalue weighted by Gasteiger charge is -2.34. The number of thioether (sulfide) groups is 1. The molecule has 0 aromatic heterocycles. The van der Waals surface area contributed by atoms with E-state index in [2.05, 4.69) is 5.32 Å². The third-order valence-corrected chi connectivity index (χ3v) is 10.5. The highest BCUT2D eigenvalue weighted by Gasteiger charge is 2.34. The zero-order chi connectivity index (χ0) is 30.3. The summed E-state index contributed by atoms with van der Waals surface area (Å²) in [6.07, 6.45) is 6.36. The topological polar surface area (TPSA) is 86.8 Å². The van der Waals surface area contributed by atoms with Gasteiger partial charge >= 0.3 is 0 Å². The van der Waals surface area contributed by atoms with Crippen LogP contribution >= 0.6 is 11.8 Å². The molecule has 0 heterocycles. The van der Waals surface area contributed by atoms with Crippen molar-refractivity contribution in [2.75, 3.05) is 17.1 Å². The summed E-state index contributed by atoms with van der Waals surface area (Å²) in [6, 6.07) is 20.9. The van der Waals surface area contributed by atoms with Gasteiger partial charge in [-0.25, -0.2) is 8.42 Å². The number of amides is 2. The number of nitrogens with one attached hydrogen (secondary N) is 1. The van der Waals surface area contributed by atoms with Gasteiger partial charge in [0.1, 0.15) is 12.6 Å². The molecule has 3 aromatic carbocycles. The Labute approximate surface area is 254 Å². The number of hydrogen-bond acceptors (Lipinski definition) is 5. The third-order valence-electron chi connectivity index (χ3n) is 7.94. The van der Waals surface area contributed by atoms with E-state index in [4.69, 9.17) is 0 Å². The highest BCUT2D eigenvalue weighted by molar-refractivity contribution is 7.98. The van der Waals surface area contributed by atoms with Gasteiger partial charge in [-0.15, -0.1) is 11.8 Å². The summed E-state index contributed by atoms with van der Waals surface area (Å²) < 4.78 is 29.3. The van der Waals surface area contributed by atoms with Crippen LogP contribution in [0.4, 0.5) is 5.69 Å². The first-order chi connectivity index (χ1) is 20.1. The van der Waals surface area contributed by atoms with Crippen LogP contribution in [0.2, 0.25) is 0 Å². The van der Waals surface area contributed by atoms with E-state index < -0.39 is 28.5 Å². The quantitative estimate of drug-likeness (QED) is 0.252. The second-order valence-electron chi connectivity index (χ2n) is 10.9. The van der Waals surface area contributed by atoms with Gasteiger partial charge in [0.2, 0.25) is 11.8 Å². The minimum absolute atomic E-state index is 0.102. The Morgan fingerprint density at radius 2 is 1.60 bits per heavy atom. The van der Waals surface area contributed by atoms with Gasteiger partial charge in [-0.1, -0.05) is 61.7 Å². The molecule has 1 N–H and O–H groups in total. The maximum Gasteiger partial charge on any atom is 0.264 e. The molecule has 1 aliphatic carbocycles.